The van der Waals surface area contributed by atoms with Crippen LogP contribution in [-0.4, -0.2) is 86.3 Å². The monoisotopic (exact) mass is 463 g/mol. The number of aromatic nitrogens is 2. The van der Waals surface area contributed by atoms with Gasteiger partial charge in [-0.05, 0) is 12.1 Å². The van der Waals surface area contributed by atoms with E-state index in [0.29, 0.717) is 32.1 Å². The van der Waals surface area contributed by atoms with Gasteiger partial charge in [0.1, 0.15) is 6.26 Å². The second-order valence-corrected chi connectivity index (χ2v) is 11.0. The van der Waals surface area contributed by atoms with E-state index in [1.165, 1.54) is 11.1 Å². The zero-order valence-electron chi connectivity index (χ0n) is 17.4. The quantitative estimate of drug-likeness (QED) is 0.566. The Morgan fingerprint density at radius 2 is 1.87 bits per heavy atom. The van der Waals surface area contributed by atoms with Crippen molar-refractivity contribution in [2.75, 3.05) is 63.6 Å². The molecule has 2 aliphatic heterocycles. The molecule has 9 nitrogen and oxygen atoms in total. The van der Waals surface area contributed by atoms with Gasteiger partial charge in [0.25, 0.3) is 0 Å². The van der Waals surface area contributed by atoms with Gasteiger partial charge < -0.3 is 14.1 Å². The predicted octanol–water partition coefficient (Wildman–Crippen LogP) is 1.87. The number of hydrogen-bond donors (Lipinski definition) is 0. The average Bonchev–Trinajstić information content (AvgIpc) is 3.43. The number of nitrogens with zero attached hydrogens (tertiary/aromatic N) is 5. The van der Waals surface area contributed by atoms with Crippen LogP contribution in [0.1, 0.15) is 4.88 Å². The van der Waals surface area contributed by atoms with Crippen LogP contribution in [0.2, 0.25) is 0 Å². The minimum atomic E-state index is -3.12. The van der Waals surface area contributed by atoms with Crippen LogP contribution in [0.15, 0.2) is 29.1 Å². The van der Waals surface area contributed by atoms with E-state index in [-0.39, 0.29) is 0 Å². The van der Waals surface area contributed by atoms with Crippen molar-refractivity contribution in [3.8, 4) is 11.4 Å². The summed E-state index contributed by atoms with van der Waals surface area (Å²) in [5.41, 5.74) is 1.79. The fraction of sp³-hybridized carbons (Fsp3) is 0.500. The first-order valence-corrected chi connectivity index (χ1v) is 13.0. The number of sulfonamides is 1. The minimum absolute atomic E-state index is 0.535. The van der Waals surface area contributed by atoms with E-state index in [9.17, 15) is 8.42 Å². The van der Waals surface area contributed by atoms with Crippen molar-refractivity contribution in [2.24, 2.45) is 0 Å². The summed E-state index contributed by atoms with van der Waals surface area (Å²) in [6, 6.07) is 4.01. The molecular formula is C20H25N5O4S2. The maximum absolute atomic E-state index is 11.8. The van der Waals surface area contributed by atoms with E-state index in [1.54, 1.807) is 28.2 Å². The van der Waals surface area contributed by atoms with Gasteiger partial charge in [-0.2, -0.15) is 4.31 Å². The summed E-state index contributed by atoms with van der Waals surface area (Å²) in [5.74, 6) is 1.61. The number of fused-ring (bicyclic) bond motifs is 1. The molecular weight excluding hydrogens is 438 g/mol. The number of piperazine rings is 1. The molecule has 3 aromatic rings. The van der Waals surface area contributed by atoms with E-state index in [2.05, 4.69) is 15.9 Å². The molecule has 0 aromatic carbocycles. The molecule has 2 saturated heterocycles. The fourth-order valence-corrected chi connectivity index (χ4v) is 5.97. The van der Waals surface area contributed by atoms with Gasteiger partial charge in [0, 0.05) is 50.7 Å². The van der Waals surface area contributed by atoms with Crippen molar-refractivity contribution in [3.63, 3.8) is 0 Å². The van der Waals surface area contributed by atoms with E-state index >= 15 is 0 Å². The molecule has 5 rings (SSSR count). The second-order valence-electron chi connectivity index (χ2n) is 7.85. The van der Waals surface area contributed by atoms with E-state index < -0.39 is 10.0 Å². The van der Waals surface area contributed by atoms with Crippen LogP contribution in [-0.2, 0) is 21.3 Å². The molecule has 166 valence electrons. The average molecular weight is 464 g/mol. The van der Waals surface area contributed by atoms with Gasteiger partial charge >= 0.3 is 0 Å². The van der Waals surface area contributed by atoms with Crippen LogP contribution in [0.3, 0.4) is 0 Å². The lowest BCUT2D eigenvalue weighted by Gasteiger charge is -2.32. The van der Waals surface area contributed by atoms with Crippen LogP contribution in [0.4, 0.5) is 5.82 Å². The van der Waals surface area contributed by atoms with Gasteiger partial charge in [0.05, 0.1) is 41.5 Å². The minimum Gasteiger partial charge on any atom is -0.472 e. The van der Waals surface area contributed by atoms with Gasteiger partial charge in [-0.1, -0.05) is 0 Å². The number of rotatable bonds is 5. The Bertz CT molecular complexity index is 1150. The summed E-state index contributed by atoms with van der Waals surface area (Å²) in [6.45, 7) is 6.29. The molecule has 0 amide bonds. The largest absolute Gasteiger partial charge is 0.472 e. The Morgan fingerprint density at radius 3 is 2.55 bits per heavy atom. The first kappa shape index (κ1) is 20.8. The van der Waals surface area contributed by atoms with Crippen molar-refractivity contribution >= 4 is 37.4 Å². The second kappa shape index (κ2) is 8.47. The van der Waals surface area contributed by atoms with Gasteiger partial charge in [0.15, 0.2) is 11.6 Å². The van der Waals surface area contributed by atoms with Crippen LogP contribution in [0, 0.1) is 0 Å². The van der Waals surface area contributed by atoms with Crippen molar-refractivity contribution in [1.82, 2.24) is 19.2 Å². The Morgan fingerprint density at radius 1 is 1.10 bits per heavy atom. The van der Waals surface area contributed by atoms with Gasteiger partial charge in [0.2, 0.25) is 10.0 Å². The van der Waals surface area contributed by atoms with Gasteiger partial charge in [-0.15, -0.1) is 11.3 Å². The summed E-state index contributed by atoms with van der Waals surface area (Å²) >= 11 is 1.72. The SMILES string of the molecule is CS(=O)(=O)N1CCN(Cc2cc3nc(-c4ccoc4)nc(N4CCOCC4)c3s2)CC1. The number of anilines is 1. The number of morpholine rings is 1. The zero-order valence-corrected chi connectivity index (χ0v) is 19.0. The first-order valence-electron chi connectivity index (χ1n) is 10.3. The maximum atomic E-state index is 11.8. The third kappa shape index (κ3) is 4.46. The number of thiophene rings is 1. The third-order valence-corrected chi connectivity index (χ3v) is 8.08. The van der Waals surface area contributed by atoms with Gasteiger partial charge in [-0.3, -0.25) is 4.90 Å². The molecule has 0 atom stereocenters. The normalized spacial score (nSPS) is 19.3. The van der Waals surface area contributed by atoms with Crippen molar-refractivity contribution < 1.29 is 17.6 Å². The molecule has 2 fully saturated rings. The molecule has 0 spiro atoms. The molecule has 3 aromatic heterocycles. The van der Waals surface area contributed by atoms with Gasteiger partial charge in [-0.25, -0.2) is 18.4 Å². The lowest BCUT2D eigenvalue weighted by atomic mass is 10.3. The molecule has 0 radical (unpaired) electrons. The highest BCUT2D eigenvalue weighted by Gasteiger charge is 2.25. The van der Waals surface area contributed by atoms with Crippen LogP contribution in [0.25, 0.3) is 21.6 Å². The smallest absolute Gasteiger partial charge is 0.211 e. The highest BCUT2D eigenvalue weighted by atomic mass is 32.2. The number of hydrogen-bond acceptors (Lipinski definition) is 9. The Kier molecular flexibility index (Phi) is 5.69. The predicted molar refractivity (Wildman–Crippen MR) is 120 cm³/mol. The summed E-state index contributed by atoms with van der Waals surface area (Å²) in [6.07, 6.45) is 4.57. The maximum Gasteiger partial charge on any atom is 0.211 e. The summed E-state index contributed by atoms with van der Waals surface area (Å²) < 4.78 is 36.9. The van der Waals surface area contributed by atoms with Crippen LogP contribution in [0.5, 0.6) is 0 Å². The third-order valence-electron chi connectivity index (χ3n) is 5.67. The number of furan rings is 1. The van der Waals surface area contributed by atoms with Crippen LogP contribution < -0.4 is 4.90 Å². The van der Waals surface area contributed by atoms with E-state index in [0.717, 1.165) is 54.3 Å². The molecule has 0 saturated carbocycles. The zero-order chi connectivity index (χ0) is 21.4. The molecule has 0 N–H and O–H groups in total. The number of ether oxygens (including phenoxy) is 1. The molecule has 5 heterocycles. The summed E-state index contributed by atoms with van der Waals surface area (Å²) in [7, 11) is -3.12. The van der Waals surface area contributed by atoms with Crippen molar-refractivity contribution in [2.45, 2.75) is 6.54 Å². The Labute approximate surface area is 185 Å². The standard InChI is InChI=1S/C20H25N5O4S2/c1-31(26,27)25-5-3-23(4-6-25)13-16-12-17-18(30-16)20(24-7-10-28-11-8-24)22-19(21-17)15-2-9-29-14-15/h2,9,12,14H,3-8,10-11,13H2,1H3. The molecule has 0 aliphatic carbocycles. The van der Waals surface area contributed by atoms with Crippen molar-refractivity contribution in [1.29, 1.82) is 0 Å². The van der Waals surface area contributed by atoms with Crippen LogP contribution >= 0.6 is 11.3 Å². The molecule has 31 heavy (non-hydrogen) atoms. The molecule has 11 heteroatoms. The highest BCUT2D eigenvalue weighted by molar-refractivity contribution is 7.88. The lowest BCUT2D eigenvalue weighted by molar-refractivity contribution is 0.122. The Balaban J connectivity index is 1.43. The molecule has 2 aliphatic rings. The summed E-state index contributed by atoms with van der Waals surface area (Å²) in [5, 5.41) is 0. The fourth-order valence-electron chi connectivity index (χ4n) is 3.99. The highest BCUT2D eigenvalue weighted by Crippen LogP contribution is 2.35. The topological polar surface area (TPSA) is 92.0 Å². The molecule has 0 bridgehead atoms. The Hall–Kier alpha value is -2.05. The molecule has 0 unspecified atom stereocenters. The van der Waals surface area contributed by atoms with E-state index in [4.69, 9.17) is 19.1 Å². The lowest BCUT2D eigenvalue weighted by Crippen LogP contribution is -2.47. The van der Waals surface area contributed by atoms with E-state index in [1.807, 2.05) is 6.07 Å². The van der Waals surface area contributed by atoms with Crippen molar-refractivity contribution in [3.05, 3.63) is 29.5 Å². The summed E-state index contributed by atoms with van der Waals surface area (Å²) in [4.78, 5) is 15.5. The first-order chi connectivity index (χ1) is 15.0.